The molecule has 1 aliphatic rings. The molecule has 0 amide bonds. The van der Waals surface area contributed by atoms with Gasteiger partial charge in [0, 0.05) is 18.6 Å². The molecule has 0 aromatic rings. The van der Waals surface area contributed by atoms with Crippen molar-refractivity contribution in [1.82, 2.24) is 0 Å². The van der Waals surface area contributed by atoms with Crippen LogP contribution in [-0.4, -0.2) is 17.8 Å². The van der Waals surface area contributed by atoms with Gasteiger partial charge in [0.2, 0.25) is 0 Å². The molecule has 0 saturated heterocycles. The Morgan fingerprint density at radius 2 is 2.33 bits per heavy atom. The summed E-state index contributed by atoms with van der Waals surface area (Å²) in [4.78, 5) is 0. The molecule has 0 heterocycles. The normalized spacial score (nSPS) is 35.6. The van der Waals surface area contributed by atoms with Crippen LogP contribution >= 0.6 is 0 Å². The lowest BCUT2D eigenvalue weighted by molar-refractivity contribution is 0.249. The average Bonchev–Trinajstić information content (AvgIpc) is 2.15. The molecule has 1 rings (SSSR count). The van der Waals surface area contributed by atoms with Gasteiger partial charge in [-0.2, -0.15) is 0 Å². The maximum atomic E-state index is 8.74. The number of hydrogen-bond acceptors (Lipinski definition) is 2. The van der Waals surface area contributed by atoms with E-state index in [-0.39, 0.29) is 18.6 Å². The summed E-state index contributed by atoms with van der Waals surface area (Å²) < 4.78 is 0. The summed E-state index contributed by atoms with van der Waals surface area (Å²) in [6, 6.07) is 0.141. The van der Waals surface area contributed by atoms with E-state index in [1.807, 2.05) is 0 Å². The fourth-order valence-corrected chi connectivity index (χ4v) is 1.26. The van der Waals surface area contributed by atoms with Crippen LogP contribution in [-0.2, 0) is 0 Å². The van der Waals surface area contributed by atoms with E-state index in [1.54, 1.807) is 0 Å². The summed E-state index contributed by atoms with van der Waals surface area (Å²) in [6.07, 6.45) is 2.00. The smallest absolute Gasteiger partial charge is 0.0496 e. The van der Waals surface area contributed by atoms with Crippen molar-refractivity contribution in [2.45, 2.75) is 18.9 Å². The Kier molecular flexibility index (Phi) is 1.88. The fourth-order valence-electron chi connectivity index (χ4n) is 1.26. The zero-order valence-electron chi connectivity index (χ0n) is 5.51. The second-order valence-electron chi connectivity index (χ2n) is 2.64. The Morgan fingerprint density at radius 1 is 1.67 bits per heavy atom. The van der Waals surface area contributed by atoms with Crippen molar-refractivity contribution in [3.63, 3.8) is 0 Å². The molecule has 1 fully saturated rings. The van der Waals surface area contributed by atoms with E-state index in [0.717, 1.165) is 18.4 Å². The van der Waals surface area contributed by atoms with Crippen molar-refractivity contribution in [3.8, 4) is 0 Å². The molecular formula is C7H13NO. The molecule has 2 atom stereocenters. The van der Waals surface area contributed by atoms with E-state index in [0.29, 0.717) is 0 Å². The Balaban J connectivity index is 2.51. The highest BCUT2D eigenvalue weighted by Gasteiger charge is 2.24. The molecule has 2 nitrogen and oxygen atoms in total. The quantitative estimate of drug-likeness (QED) is 0.497. The molecular weight excluding hydrogens is 114 g/mol. The summed E-state index contributed by atoms with van der Waals surface area (Å²) in [5.41, 5.74) is 6.66. The second-order valence-corrected chi connectivity index (χ2v) is 2.64. The number of rotatable bonds is 1. The van der Waals surface area contributed by atoms with Gasteiger partial charge in [-0.15, -0.1) is 0 Å². The molecule has 9 heavy (non-hydrogen) atoms. The lowest BCUT2D eigenvalue weighted by atomic mass is 10.1. The van der Waals surface area contributed by atoms with Crippen LogP contribution in [0.25, 0.3) is 0 Å². The molecule has 0 bridgehead atoms. The van der Waals surface area contributed by atoms with Crippen LogP contribution in [0.2, 0.25) is 0 Å². The molecule has 0 aromatic heterocycles. The predicted molar refractivity (Wildman–Crippen MR) is 36.9 cm³/mol. The van der Waals surface area contributed by atoms with Crippen molar-refractivity contribution >= 4 is 0 Å². The number of nitrogens with two attached hydrogens (primary N) is 1. The molecule has 1 aliphatic carbocycles. The number of aliphatic hydroxyl groups excluding tert-OH is 1. The van der Waals surface area contributed by atoms with Gasteiger partial charge >= 0.3 is 0 Å². The largest absolute Gasteiger partial charge is 0.396 e. The molecule has 0 radical (unpaired) electrons. The van der Waals surface area contributed by atoms with Gasteiger partial charge in [0.05, 0.1) is 0 Å². The molecule has 1 saturated carbocycles. The van der Waals surface area contributed by atoms with Gasteiger partial charge in [0.25, 0.3) is 0 Å². The lowest BCUT2D eigenvalue weighted by Crippen LogP contribution is -2.18. The van der Waals surface area contributed by atoms with Crippen molar-refractivity contribution in [2.24, 2.45) is 11.7 Å². The molecule has 3 N–H and O–H groups in total. The van der Waals surface area contributed by atoms with Crippen molar-refractivity contribution in [2.75, 3.05) is 6.61 Å². The van der Waals surface area contributed by atoms with Gasteiger partial charge in [-0.1, -0.05) is 12.2 Å². The first kappa shape index (κ1) is 6.78. The van der Waals surface area contributed by atoms with Crippen LogP contribution in [0, 0.1) is 5.92 Å². The minimum absolute atomic E-state index is 0.141. The van der Waals surface area contributed by atoms with Crippen LogP contribution in [0.15, 0.2) is 12.2 Å². The van der Waals surface area contributed by atoms with Crippen molar-refractivity contribution in [3.05, 3.63) is 12.2 Å². The third kappa shape index (κ3) is 1.14. The van der Waals surface area contributed by atoms with Gasteiger partial charge < -0.3 is 10.8 Å². The van der Waals surface area contributed by atoms with Gasteiger partial charge in [-0.3, -0.25) is 0 Å². The van der Waals surface area contributed by atoms with Crippen LogP contribution in [0.3, 0.4) is 0 Å². The summed E-state index contributed by atoms with van der Waals surface area (Å²) in [5, 5.41) is 8.74. The lowest BCUT2D eigenvalue weighted by Gasteiger charge is -2.07. The van der Waals surface area contributed by atoms with Gasteiger partial charge in [0.1, 0.15) is 0 Å². The van der Waals surface area contributed by atoms with E-state index < -0.39 is 0 Å². The van der Waals surface area contributed by atoms with E-state index >= 15 is 0 Å². The number of hydrogen-bond donors (Lipinski definition) is 2. The minimum Gasteiger partial charge on any atom is -0.396 e. The monoisotopic (exact) mass is 127 g/mol. The second kappa shape index (κ2) is 2.50. The highest BCUT2D eigenvalue weighted by atomic mass is 16.3. The summed E-state index contributed by atoms with van der Waals surface area (Å²) >= 11 is 0. The van der Waals surface area contributed by atoms with Crippen LogP contribution < -0.4 is 5.73 Å². The minimum atomic E-state index is 0.141. The molecule has 0 spiro atoms. The Morgan fingerprint density at radius 3 is 2.56 bits per heavy atom. The van der Waals surface area contributed by atoms with Crippen LogP contribution in [0.4, 0.5) is 0 Å². The Hall–Kier alpha value is -0.340. The first-order valence-corrected chi connectivity index (χ1v) is 3.31. The van der Waals surface area contributed by atoms with E-state index in [9.17, 15) is 0 Å². The summed E-state index contributed by atoms with van der Waals surface area (Å²) in [7, 11) is 0. The highest BCUT2D eigenvalue weighted by molar-refractivity contribution is 5.14. The molecule has 2 heteroatoms. The Labute approximate surface area is 55.4 Å². The van der Waals surface area contributed by atoms with E-state index in [2.05, 4.69) is 6.58 Å². The first-order chi connectivity index (χ1) is 4.25. The standard InChI is InChI=1S/C7H13NO/c1-5-6(4-9)2-3-7(5)8/h6-7,9H,1-4,8H2/t6-,7?/m0/s1. The zero-order chi connectivity index (χ0) is 6.85. The van der Waals surface area contributed by atoms with E-state index in [1.165, 1.54) is 0 Å². The third-order valence-corrected chi connectivity index (χ3v) is 2.05. The van der Waals surface area contributed by atoms with Gasteiger partial charge in [-0.25, -0.2) is 0 Å². The maximum absolute atomic E-state index is 8.74. The predicted octanol–water partition coefficient (Wildman–Crippen LogP) is 0.272. The fraction of sp³-hybridized carbons (Fsp3) is 0.714. The Bertz CT molecular complexity index is 122. The molecule has 0 aromatic carbocycles. The SMILES string of the molecule is C=C1C(N)CC[C@H]1CO. The zero-order valence-corrected chi connectivity index (χ0v) is 5.51. The third-order valence-electron chi connectivity index (χ3n) is 2.05. The summed E-state index contributed by atoms with van der Waals surface area (Å²) in [6.45, 7) is 4.02. The van der Waals surface area contributed by atoms with Crippen molar-refractivity contribution in [1.29, 1.82) is 0 Å². The van der Waals surface area contributed by atoms with Gasteiger partial charge in [-0.05, 0) is 12.8 Å². The first-order valence-electron chi connectivity index (χ1n) is 3.31. The average molecular weight is 127 g/mol. The number of aliphatic hydroxyl groups is 1. The highest BCUT2D eigenvalue weighted by Crippen LogP contribution is 2.27. The van der Waals surface area contributed by atoms with E-state index in [4.69, 9.17) is 10.8 Å². The van der Waals surface area contributed by atoms with Crippen LogP contribution in [0.5, 0.6) is 0 Å². The van der Waals surface area contributed by atoms with Gasteiger partial charge in [0.15, 0.2) is 0 Å². The molecule has 1 unspecified atom stereocenters. The summed E-state index contributed by atoms with van der Waals surface area (Å²) in [5.74, 6) is 0.278. The molecule has 0 aliphatic heterocycles. The maximum Gasteiger partial charge on any atom is 0.0496 e. The molecule has 52 valence electrons. The van der Waals surface area contributed by atoms with Crippen LogP contribution in [0.1, 0.15) is 12.8 Å². The topological polar surface area (TPSA) is 46.2 Å². The van der Waals surface area contributed by atoms with Crippen molar-refractivity contribution < 1.29 is 5.11 Å².